The third-order valence-electron chi connectivity index (χ3n) is 8.45. The standard InChI is InChI=1S/C42H42N2/c1(3-15-33-43-39(29-25-35-17-7-5-8-18-35)31-27-37-21-11-13-23-41(37)43)2-4-16-34-44-40(30-26-36-19-9-6-10-20-36)32-28-38-22-12-14-24-42(38)44/h5-14,17-32H,1-4,15-16,33-34H2/q+2/b29-25+,30-26+. The minimum atomic E-state index is 1.04. The number of aromatic nitrogens is 2. The maximum absolute atomic E-state index is 2.50. The van der Waals surface area contributed by atoms with E-state index in [9.17, 15) is 0 Å². The van der Waals surface area contributed by atoms with Crippen LogP contribution in [0.25, 0.3) is 46.1 Å². The van der Waals surface area contributed by atoms with Gasteiger partial charge in [0.25, 0.3) is 0 Å². The Morgan fingerprint density at radius 1 is 0.341 bits per heavy atom. The van der Waals surface area contributed by atoms with Gasteiger partial charge in [-0.1, -0.05) is 97.8 Å². The number of rotatable bonds is 13. The fraction of sp³-hybridized carbons (Fsp3) is 0.190. The van der Waals surface area contributed by atoms with E-state index in [1.54, 1.807) is 0 Å². The third-order valence-corrected chi connectivity index (χ3v) is 8.45. The molecule has 0 unspecified atom stereocenters. The van der Waals surface area contributed by atoms with Gasteiger partial charge in [-0.2, -0.15) is 9.13 Å². The van der Waals surface area contributed by atoms with Crippen LogP contribution in [0.1, 0.15) is 61.0 Å². The molecule has 0 saturated heterocycles. The molecular formula is C42H42N2+2. The summed E-state index contributed by atoms with van der Waals surface area (Å²) in [6, 6.07) is 47.6. The van der Waals surface area contributed by atoms with Crippen molar-refractivity contribution in [1.82, 2.24) is 0 Å². The summed E-state index contributed by atoms with van der Waals surface area (Å²) in [5.74, 6) is 0. The van der Waals surface area contributed by atoms with Crippen molar-refractivity contribution < 1.29 is 9.13 Å². The van der Waals surface area contributed by atoms with Crippen molar-refractivity contribution >= 4 is 46.1 Å². The molecule has 2 heteroatoms. The highest BCUT2D eigenvalue weighted by molar-refractivity contribution is 5.78. The molecule has 6 rings (SSSR count). The molecule has 2 aromatic heterocycles. The lowest BCUT2D eigenvalue weighted by Gasteiger charge is -2.07. The van der Waals surface area contributed by atoms with Crippen LogP contribution in [0.15, 0.2) is 133 Å². The van der Waals surface area contributed by atoms with E-state index in [1.807, 2.05) is 0 Å². The molecular weight excluding hydrogens is 532 g/mol. The smallest absolute Gasteiger partial charge is 0.192 e. The largest absolute Gasteiger partial charge is 0.212 e. The SMILES string of the molecule is C(=C\c1ccc2ccccc2[n+]1CCCCCCCC[n+]1c(/C=C/c2ccccc2)ccc2ccccc21)/c1ccccc1. The number of nitrogens with zero attached hydrogens (tertiary/aromatic N) is 2. The van der Waals surface area contributed by atoms with Gasteiger partial charge in [0.05, 0.1) is 0 Å². The number of para-hydroxylation sites is 2. The van der Waals surface area contributed by atoms with E-state index in [2.05, 4.69) is 167 Å². The highest BCUT2D eigenvalue weighted by Crippen LogP contribution is 2.16. The van der Waals surface area contributed by atoms with Crippen LogP contribution in [0.5, 0.6) is 0 Å². The van der Waals surface area contributed by atoms with Gasteiger partial charge >= 0.3 is 0 Å². The molecule has 0 bridgehead atoms. The lowest BCUT2D eigenvalue weighted by molar-refractivity contribution is -0.673. The molecule has 0 atom stereocenters. The Bertz CT molecular complexity index is 1710. The Hall–Kier alpha value is -4.82. The van der Waals surface area contributed by atoms with E-state index < -0.39 is 0 Å². The summed E-state index contributed by atoms with van der Waals surface area (Å²) >= 11 is 0. The molecule has 0 radical (unpaired) electrons. The average molecular weight is 575 g/mol. The number of benzene rings is 4. The zero-order valence-corrected chi connectivity index (χ0v) is 25.6. The van der Waals surface area contributed by atoms with E-state index in [0.717, 1.165) is 13.1 Å². The molecule has 218 valence electrons. The van der Waals surface area contributed by atoms with E-state index in [-0.39, 0.29) is 0 Å². The zero-order valence-electron chi connectivity index (χ0n) is 25.6. The predicted octanol–water partition coefficient (Wildman–Crippen LogP) is 9.95. The van der Waals surface area contributed by atoms with Gasteiger partial charge in [-0.25, -0.2) is 0 Å². The van der Waals surface area contributed by atoms with Crippen molar-refractivity contribution in [3.8, 4) is 0 Å². The molecule has 0 N–H and O–H groups in total. The van der Waals surface area contributed by atoms with Gasteiger partial charge in [-0.3, -0.25) is 0 Å². The lowest BCUT2D eigenvalue weighted by atomic mass is 10.1. The van der Waals surface area contributed by atoms with Crippen LogP contribution in [0.2, 0.25) is 0 Å². The van der Waals surface area contributed by atoms with Gasteiger partial charge in [0.15, 0.2) is 0 Å². The molecule has 2 nitrogen and oxygen atoms in total. The van der Waals surface area contributed by atoms with Crippen molar-refractivity contribution in [2.75, 3.05) is 0 Å². The number of fused-ring (bicyclic) bond motifs is 2. The summed E-state index contributed by atoms with van der Waals surface area (Å²) in [7, 11) is 0. The van der Waals surface area contributed by atoms with Crippen LogP contribution in [-0.4, -0.2) is 0 Å². The summed E-state index contributed by atoms with van der Waals surface area (Å²) in [4.78, 5) is 0. The van der Waals surface area contributed by atoms with E-state index in [1.165, 1.54) is 82.8 Å². The molecule has 0 saturated carbocycles. The van der Waals surface area contributed by atoms with Gasteiger partial charge in [0.1, 0.15) is 13.1 Å². The first-order valence-corrected chi connectivity index (χ1v) is 16.1. The molecule has 4 aromatic carbocycles. The van der Waals surface area contributed by atoms with Gasteiger partial charge < -0.3 is 0 Å². The monoisotopic (exact) mass is 574 g/mol. The molecule has 0 aliphatic rings. The number of aryl methyl sites for hydroxylation is 2. The van der Waals surface area contributed by atoms with Crippen LogP contribution in [0.4, 0.5) is 0 Å². The van der Waals surface area contributed by atoms with Crippen molar-refractivity contribution in [3.05, 3.63) is 156 Å². The molecule has 6 aromatic rings. The second-order valence-electron chi connectivity index (χ2n) is 11.5. The van der Waals surface area contributed by atoms with Crippen molar-refractivity contribution in [3.63, 3.8) is 0 Å². The molecule has 0 amide bonds. The van der Waals surface area contributed by atoms with E-state index in [0.29, 0.717) is 0 Å². The highest BCUT2D eigenvalue weighted by atomic mass is 15.0. The highest BCUT2D eigenvalue weighted by Gasteiger charge is 2.15. The summed E-state index contributed by atoms with van der Waals surface area (Å²) < 4.78 is 4.99. The lowest BCUT2D eigenvalue weighted by Crippen LogP contribution is -2.38. The molecule has 0 aliphatic heterocycles. The summed E-state index contributed by atoms with van der Waals surface area (Å²) in [5.41, 5.74) is 7.61. The quantitative estimate of drug-likeness (QED) is 0.0958. The van der Waals surface area contributed by atoms with E-state index in [4.69, 9.17) is 0 Å². The minimum absolute atomic E-state index is 1.04. The molecule has 0 spiro atoms. The Morgan fingerprint density at radius 2 is 0.727 bits per heavy atom. The molecule has 0 fully saturated rings. The number of hydrogen-bond acceptors (Lipinski definition) is 0. The van der Waals surface area contributed by atoms with Gasteiger partial charge in [0.2, 0.25) is 22.4 Å². The number of unbranched alkanes of at least 4 members (excludes halogenated alkanes) is 5. The van der Waals surface area contributed by atoms with Crippen LogP contribution in [-0.2, 0) is 13.1 Å². The van der Waals surface area contributed by atoms with Crippen LogP contribution >= 0.6 is 0 Å². The first-order valence-electron chi connectivity index (χ1n) is 16.1. The Balaban J connectivity index is 1.04. The van der Waals surface area contributed by atoms with Gasteiger partial charge in [0, 0.05) is 60.0 Å². The van der Waals surface area contributed by atoms with Crippen LogP contribution < -0.4 is 9.13 Å². The first kappa shape index (κ1) is 29.3. The van der Waals surface area contributed by atoms with Crippen molar-refractivity contribution in [2.45, 2.75) is 51.6 Å². The zero-order chi connectivity index (χ0) is 29.8. The minimum Gasteiger partial charge on any atom is -0.192 e. The maximum Gasteiger partial charge on any atom is 0.212 e. The van der Waals surface area contributed by atoms with Crippen molar-refractivity contribution in [1.29, 1.82) is 0 Å². The summed E-state index contributed by atoms with van der Waals surface area (Å²) in [6.45, 7) is 2.08. The normalized spacial score (nSPS) is 11.7. The van der Waals surface area contributed by atoms with Crippen molar-refractivity contribution in [2.24, 2.45) is 0 Å². The molecule has 0 aliphatic carbocycles. The molecule has 44 heavy (non-hydrogen) atoms. The fourth-order valence-corrected chi connectivity index (χ4v) is 6.09. The summed E-state index contributed by atoms with van der Waals surface area (Å²) in [5, 5.41) is 2.60. The Kier molecular flexibility index (Phi) is 10.0. The second kappa shape index (κ2) is 15.1. The Labute approximate surface area is 262 Å². The topological polar surface area (TPSA) is 7.76 Å². The number of pyridine rings is 2. The van der Waals surface area contributed by atoms with Gasteiger partial charge in [-0.15, -0.1) is 0 Å². The fourth-order valence-electron chi connectivity index (χ4n) is 6.09. The predicted molar refractivity (Wildman–Crippen MR) is 187 cm³/mol. The van der Waals surface area contributed by atoms with Gasteiger partial charge in [-0.05, 0) is 60.4 Å². The van der Waals surface area contributed by atoms with Crippen LogP contribution in [0.3, 0.4) is 0 Å². The third kappa shape index (κ3) is 7.57. The van der Waals surface area contributed by atoms with Crippen LogP contribution in [0, 0.1) is 0 Å². The van der Waals surface area contributed by atoms with E-state index >= 15 is 0 Å². The Morgan fingerprint density at radius 3 is 1.18 bits per heavy atom. The average Bonchev–Trinajstić information content (AvgIpc) is 3.09. The first-order chi connectivity index (χ1) is 21.8. The molecule has 2 heterocycles. The maximum atomic E-state index is 2.50. The number of hydrogen-bond donors (Lipinski definition) is 0. The summed E-state index contributed by atoms with van der Waals surface area (Å²) in [6.07, 6.45) is 16.4. The second-order valence-corrected chi connectivity index (χ2v) is 11.5.